The van der Waals surface area contributed by atoms with Crippen LogP contribution in [0.3, 0.4) is 0 Å². The summed E-state index contributed by atoms with van der Waals surface area (Å²) < 4.78 is 52.3. The Bertz CT molecular complexity index is 392. The minimum Gasteiger partial charge on any atom is -0.478 e. The first kappa shape index (κ1) is 12.3. The fourth-order valence-corrected chi connectivity index (χ4v) is 1.05. The van der Waals surface area contributed by atoms with E-state index in [1.165, 1.54) is 0 Å². The molecule has 0 unspecified atom stereocenters. The Morgan fingerprint density at radius 1 is 1.25 bits per heavy atom. The van der Waals surface area contributed by atoms with Crippen LogP contribution in [0.25, 0.3) is 0 Å². The van der Waals surface area contributed by atoms with Crippen LogP contribution in [0, 0.1) is 0 Å². The summed E-state index contributed by atoms with van der Waals surface area (Å²) in [5.74, 6) is -2.25. The Kier molecular flexibility index (Phi) is 3.70. The molecule has 0 aliphatic rings. The first-order valence-electron chi connectivity index (χ1n) is 4.02. The first-order chi connectivity index (χ1) is 7.41. The number of hydrogen-bond donors (Lipinski definition) is 1. The predicted molar refractivity (Wildman–Crippen MR) is 45.0 cm³/mol. The van der Waals surface area contributed by atoms with Crippen LogP contribution in [0.5, 0.6) is 5.75 Å². The molecular weight excluding hydrogens is 232 g/mol. The van der Waals surface area contributed by atoms with Gasteiger partial charge in [-0.25, -0.2) is 13.6 Å². The Hall–Kier alpha value is -1.79. The molecule has 0 fully saturated rings. The van der Waals surface area contributed by atoms with Crippen molar-refractivity contribution in [2.45, 2.75) is 13.0 Å². The zero-order chi connectivity index (χ0) is 12.3. The van der Waals surface area contributed by atoms with Gasteiger partial charge in [0, 0.05) is 0 Å². The van der Waals surface area contributed by atoms with Gasteiger partial charge in [-0.3, -0.25) is 0 Å². The van der Waals surface area contributed by atoms with E-state index in [1.54, 1.807) is 0 Å². The summed E-state index contributed by atoms with van der Waals surface area (Å²) in [6.07, 6.45) is -3.02. The molecule has 0 saturated carbocycles. The summed E-state index contributed by atoms with van der Waals surface area (Å²) in [7, 11) is 0. The lowest BCUT2D eigenvalue weighted by atomic mass is 10.1. The van der Waals surface area contributed by atoms with Crippen LogP contribution in [0.1, 0.15) is 22.3 Å². The number of aromatic carboxylic acids is 1. The van der Waals surface area contributed by atoms with Crippen molar-refractivity contribution >= 4 is 5.97 Å². The number of hydrogen-bond acceptors (Lipinski definition) is 2. The summed E-state index contributed by atoms with van der Waals surface area (Å²) in [4.78, 5) is 10.5. The van der Waals surface area contributed by atoms with Crippen molar-refractivity contribution in [3.8, 4) is 5.75 Å². The second-order valence-corrected chi connectivity index (χ2v) is 2.74. The number of carboxylic acid groups (broad SMARTS) is 1. The molecule has 0 amide bonds. The molecule has 0 saturated heterocycles. The van der Waals surface area contributed by atoms with E-state index < -0.39 is 35.9 Å². The first-order valence-corrected chi connectivity index (χ1v) is 4.02. The van der Waals surface area contributed by atoms with E-state index in [2.05, 4.69) is 4.74 Å². The molecule has 1 N–H and O–H groups in total. The van der Waals surface area contributed by atoms with E-state index in [1.807, 2.05) is 0 Å². The quantitative estimate of drug-likeness (QED) is 0.820. The van der Waals surface area contributed by atoms with E-state index in [0.717, 1.165) is 12.1 Å². The van der Waals surface area contributed by atoms with Crippen molar-refractivity contribution < 1.29 is 32.2 Å². The number of carbonyl (C=O) groups is 1. The SMILES string of the molecule is O=C(O)c1ccc(C(F)F)c(OC(F)F)c1. The lowest BCUT2D eigenvalue weighted by molar-refractivity contribution is -0.0520. The van der Waals surface area contributed by atoms with Crippen molar-refractivity contribution in [1.82, 2.24) is 0 Å². The number of halogens is 4. The zero-order valence-corrected chi connectivity index (χ0v) is 7.66. The van der Waals surface area contributed by atoms with E-state index >= 15 is 0 Å². The van der Waals surface area contributed by atoms with Crippen LogP contribution in [0.4, 0.5) is 17.6 Å². The van der Waals surface area contributed by atoms with Gasteiger partial charge in [-0.15, -0.1) is 0 Å². The molecule has 7 heteroatoms. The van der Waals surface area contributed by atoms with Crippen molar-refractivity contribution in [1.29, 1.82) is 0 Å². The Balaban J connectivity index is 3.15. The summed E-state index contributed by atoms with van der Waals surface area (Å²) in [6, 6.07) is 2.27. The van der Waals surface area contributed by atoms with E-state index in [9.17, 15) is 22.4 Å². The van der Waals surface area contributed by atoms with Gasteiger partial charge in [0.1, 0.15) is 5.75 Å². The lowest BCUT2D eigenvalue weighted by Crippen LogP contribution is -2.06. The maximum Gasteiger partial charge on any atom is 0.387 e. The van der Waals surface area contributed by atoms with Crippen LogP contribution in [0.15, 0.2) is 18.2 Å². The highest BCUT2D eigenvalue weighted by Gasteiger charge is 2.19. The van der Waals surface area contributed by atoms with Crippen LogP contribution >= 0.6 is 0 Å². The maximum atomic E-state index is 12.3. The normalized spacial score (nSPS) is 10.9. The predicted octanol–water partition coefficient (Wildman–Crippen LogP) is 2.92. The second-order valence-electron chi connectivity index (χ2n) is 2.74. The van der Waals surface area contributed by atoms with Crippen molar-refractivity contribution in [2.75, 3.05) is 0 Å². The van der Waals surface area contributed by atoms with Crippen LogP contribution in [-0.2, 0) is 0 Å². The lowest BCUT2D eigenvalue weighted by Gasteiger charge is -2.10. The standard InChI is InChI=1S/C9H6F4O3/c10-7(11)5-2-1-4(8(14)15)3-6(5)16-9(12)13/h1-3,7,9H,(H,14,15). The molecule has 1 aromatic carbocycles. The average Bonchev–Trinajstić information content (AvgIpc) is 2.15. The van der Waals surface area contributed by atoms with E-state index in [0.29, 0.717) is 6.07 Å². The third-order valence-electron chi connectivity index (χ3n) is 1.71. The van der Waals surface area contributed by atoms with Gasteiger partial charge < -0.3 is 9.84 Å². The summed E-state index contributed by atoms with van der Waals surface area (Å²) in [5, 5.41) is 8.54. The highest BCUT2D eigenvalue weighted by molar-refractivity contribution is 5.88. The average molecular weight is 238 g/mol. The highest BCUT2D eigenvalue weighted by atomic mass is 19.3. The maximum absolute atomic E-state index is 12.3. The molecule has 0 aliphatic heterocycles. The van der Waals surface area contributed by atoms with Crippen LogP contribution < -0.4 is 4.74 Å². The van der Waals surface area contributed by atoms with Crippen LogP contribution in [0.2, 0.25) is 0 Å². The molecule has 88 valence electrons. The van der Waals surface area contributed by atoms with E-state index in [4.69, 9.17) is 5.11 Å². The highest BCUT2D eigenvalue weighted by Crippen LogP contribution is 2.31. The number of rotatable bonds is 4. The number of carboxylic acids is 1. The Labute approximate surface area is 87.3 Å². The van der Waals surface area contributed by atoms with E-state index in [-0.39, 0.29) is 0 Å². The second kappa shape index (κ2) is 4.82. The molecule has 0 aromatic heterocycles. The van der Waals surface area contributed by atoms with Gasteiger partial charge in [0.15, 0.2) is 0 Å². The molecular formula is C9H6F4O3. The van der Waals surface area contributed by atoms with Crippen molar-refractivity contribution in [3.63, 3.8) is 0 Å². The molecule has 1 rings (SSSR count). The van der Waals surface area contributed by atoms with Gasteiger partial charge in [0.2, 0.25) is 0 Å². The number of benzene rings is 1. The monoisotopic (exact) mass is 238 g/mol. The fourth-order valence-electron chi connectivity index (χ4n) is 1.05. The smallest absolute Gasteiger partial charge is 0.387 e. The third kappa shape index (κ3) is 2.85. The van der Waals surface area contributed by atoms with Gasteiger partial charge in [-0.1, -0.05) is 0 Å². The summed E-state index contributed by atoms with van der Waals surface area (Å²) in [6.45, 7) is -3.29. The summed E-state index contributed by atoms with van der Waals surface area (Å²) in [5.41, 5.74) is -1.18. The molecule has 0 heterocycles. The van der Waals surface area contributed by atoms with Gasteiger partial charge in [0.25, 0.3) is 6.43 Å². The molecule has 3 nitrogen and oxygen atoms in total. The fraction of sp³-hybridized carbons (Fsp3) is 0.222. The largest absolute Gasteiger partial charge is 0.478 e. The topological polar surface area (TPSA) is 46.5 Å². The summed E-state index contributed by atoms with van der Waals surface area (Å²) >= 11 is 0. The third-order valence-corrected chi connectivity index (χ3v) is 1.71. The Morgan fingerprint density at radius 2 is 1.88 bits per heavy atom. The van der Waals surface area contributed by atoms with Gasteiger partial charge in [-0.05, 0) is 18.2 Å². The van der Waals surface area contributed by atoms with Gasteiger partial charge in [-0.2, -0.15) is 8.78 Å². The minimum absolute atomic E-state index is 0.403. The van der Waals surface area contributed by atoms with Gasteiger partial charge >= 0.3 is 12.6 Å². The molecule has 0 radical (unpaired) electrons. The Morgan fingerprint density at radius 3 is 2.31 bits per heavy atom. The molecule has 16 heavy (non-hydrogen) atoms. The molecule has 0 spiro atoms. The van der Waals surface area contributed by atoms with Crippen molar-refractivity contribution in [2.24, 2.45) is 0 Å². The number of alkyl halides is 4. The molecule has 0 aliphatic carbocycles. The van der Waals surface area contributed by atoms with Gasteiger partial charge in [0.05, 0.1) is 11.1 Å². The molecule has 0 atom stereocenters. The minimum atomic E-state index is -3.29. The zero-order valence-electron chi connectivity index (χ0n) is 7.66. The molecule has 0 bridgehead atoms. The number of ether oxygens (including phenoxy) is 1. The molecule has 1 aromatic rings. The van der Waals surface area contributed by atoms with Crippen molar-refractivity contribution in [3.05, 3.63) is 29.3 Å². The van der Waals surface area contributed by atoms with Crippen LogP contribution in [-0.4, -0.2) is 17.7 Å².